The Morgan fingerprint density at radius 3 is 2.33 bits per heavy atom. The highest BCUT2D eigenvalue weighted by Gasteiger charge is 2.45. The Morgan fingerprint density at radius 2 is 1.70 bits per heavy atom. The minimum atomic E-state index is -0.407. The standard InChI is InChI=1S/C26H27NO3/c1-4-17-10-12-19(13-11-17)24-23(26(29)30-3)16(2)27-21-14-20(15-22(28)25(21)24)18-8-6-5-7-9-18/h5-13,20,24-25H,4,14-15H2,1-3H3/t20-,24+,25?/m1/s1. The van der Waals surface area contributed by atoms with Crippen LogP contribution in [0.1, 0.15) is 55.2 Å². The van der Waals surface area contributed by atoms with Gasteiger partial charge in [0.25, 0.3) is 0 Å². The number of ether oxygens (including phenoxy) is 1. The van der Waals surface area contributed by atoms with Gasteiger partial charge in [-0.3, -0.25) is 9.79 Å². The van der Waals surface area contributed by atoms with Gasteiger partial charge in [-0.2, -0.15) is 0 Å². The van der Waals surface area contributed by atoms with Crippen LogP contribution in [0.4, 0.5) is 0 Å². The molecule has 1 heterocycles. The number of Topliss-reactive ketones (excluding diaryl/α,β-unsaturated/α-hetero) is 1. The third-order valence-corrected chi connectivity index (χ3v) is 6.38. The first-order chi connectivity index (χ1) is 14.5. The highest BCUT2D eigenvalue weighted by molar-refractivity contribution is 6.12. The smallest absolute Gasteiger partial charge is 0.336 e. The van der Waals surface area contributed by atoms with E-state index in [1.54, 1.807) is 0 Å². The second kappa shape index (κ2) is 8.39. The van der Waals surface area contributed by atoms with Crippen LogP contribution in [0.3, 0.4) is 0 Å². The van der Waals surface area contributed by atoms with Crippen molar-refractivity contribution >= 4 is 17.5 Å². The number of allylic oxidation sites excluding steroid dienone is 1. The van der Waals surface area contributed by atoms with Crippen molar-refractivity contribution in [2.45, 2.75) is 44.9 Å². The van der Waals surface area contributed by atoms with Crippen LogP contribution in [0.5, 0.6) is 0 Å². The summed E-state index contributed by atoms with van der Waals surface area (Å²) in [5, 5.41) is 0. The lowest BCUT2D eigenvalue weighted by atomic mass is 9.66. The van der Waals surface area contributed by atoms with Gasteiger partial charge < -0.3 is 4.74 Å². The maximum atomic E-state index is 13.4. The van der Waals surface area contributed by atoms with E-state index in [1.807, 2.05) is 37.3 Å². The van der Waals surface area contributed by atoms with Crippen molar-refractivity contribution in [3.05, 3.63) is 82.6 Å². The van der Waals surface area contributed by atoms with Gasteiger partial charge in [0.2, 0.25) is 0 Å². The summed E-state index contributed by atoms with van der Waals surface area (Å²) in [5.41, 5.74) is 5.39. The van der Waals surface area contributed by atoms with Gasteiger partial charge in [0.05, 0.1) is 18.6 Å². The number of methoxy groups -OCH3 is 1. The van der Waals surface area contributed by atoms with Crippen molar-refractivity contribution in [3.8, 4) is 0 Å². The highest BCUT2D eigenvalue weighted by Crippen LogP contribution is 2.45. The molecule has 154 valence electrons. The van der Waals surface area contributed by atoms with Crippen LogP contribution in [0, 0.1) is 5.92 Å². The zero-order valence-corrected chi connectivity index (χ0v) is 17.7. The van der Waals surface area contributed by atoms with Crippen molar-refractivity contribution in [3.63, 3.8) is 0 Å². The molecule has 1 aliphatic carbocycles. The SMILES string of the molecule is CCc1ccc([C@H]2C(C(=O)OC)=C(C)N=C3C[C@@H](c4ccccc4)CC(=O)C32)cc1. The summed E-state index contributed by atoms with van der Waals surface area (Å²) in [6, 6.07) is 18.4. The Hall–Kier alpha value is -3.01. The van der Waals surface area contributed by atoms with E-state index >= 15 is 0 Å². The van der Waals surface area contributed by atoms with Crippen LogP contribution in [0.2, 0.25) is 0 Å². The molecule has 2 aliphatic rings. The average Bonchev–Trinajstić information content (AvgIpc) is 2.78. The summed E-state index contributed by atoms with van der Waals surface area (Å²) in [4.78, 5) is 30.9. The number of aliphatic imine (C=N–C) groups is 1. The van der Waals surface area contributed by atoms with Gasteiger partial charge in [-0.05, 0) is 42.4 Å². The molecule has 0 spiro atoms. The number of carbonyl (C=O) groups is 2. The second-order valence-electron chi connectivity index (χ2n) is 8.13. The number of ketones is 1. The molecule has 2 aromatic rings. The van der Waals surface area contributed by atoms with E-state index in [-0.39, 0.29) is 17.6 Å². The summed E-state index contributed by atoms with van der Waals surface area (Å²) in [7, 11) is 1.38. The van der Waals surface area contributed by atoms with Gasteiger partial charge in [0.15, 0.2) is 0 Å². The molecule has 0 amide bonds. The molecule has 2 aromatic carbocycles. The molecule has 0 radical (unpaired) electrons. The normalized spacial score (nSPS) is 23.6. The van der Waals surface area contributed by atoms with E-state index in [4.69, 9.17) is 9.73 Å². The molecule has 0 saturated heterocycles. The van der Waals surface area contributed by atoms with E-state index < -0.39 is 11.9 Å². The fraction of sp³-hybridized carbons (Fsp3) is 0.346. The predicted octanol–water partition coefficient (Wildman–Crippen LogP) is 5.00. The maximum Gasteiger partial charge on any atom is 0.336 e. The molecule has 0 aromatic heterocycles. The molecule has 4 heteroatoms. The number of aryl methyl sites for hydroxylation is 1. The number of esters is 1. The minimum absolute atomic E-state index is 0.129. The third-order valence-electron chi connectivity index (χ3n) is 6.38. The van der Waals surface area contributed by atoms with Gasteiger partial charge in [-0.1, -0.05) is 61.5 Å². The van der Waals surface area contributed by atoms with E-state index in [2.05, 4.69) is 31.2 Å². The lowest BCUT2D eigenvalue weighted by Crippen LogP contribution is -2.41. The van der Waals surface area contributed by atoms with Gasteiger partial charge in [-0.15, -0.1) is 0 Å². The second-order valence-corrected chi connectivity index (χ2v) is 8.13. The van der Waals surface area contributed by atoms with E-state index in [9.17, 15) is 9.59 Å². The van der Waals surface area contributed by atoms with Gasteiger partial charge in [0.1, 0.15) is 5.78 Å². The Labute approximate surface area is 177 Å². The summed E-state index contributed by atoms with van der Waals surface area (Å²) < 4.78 is 5.08. The van der Waals surface area contributed by atoms with E-state index in [0.29, 0.717) is 17.7 Å². The fourth-order valence-electron chi connectivity index (χ4n) is 4.83. The quantitative estimate of drug-likeness (QED) is 0.678. The van der Waals surface area contributed by atoms with Gasteiger partial charge in [-0.25, -0.2) is 4.79 Å². The van der Waals surface area contributed by atoms with Crippen molar-refractivity contribution in [1.82, 2.24) is 0 Å². The van der Waals surface area contributed by atoms with Crippen molar-refractivity contribution < 1.29 is 14.3 Å². The molecule has 30 heavy (non-hydrogen) atoms. The number of carbonyl (C=O) groups excluding carboxylic acids is 2. The van der Waals surface area contributed by atoms with Crippen molar-refractivity contribution in [1.29, 1.82) is 0 Å². The first kappa shape index (κ1) is 20.3. The van der Waals surface area contributed by atoms with Crippen LogP contribution in [0.15, 0.2) is 70.9 Å². The summed E-state index contributed by atoms with van der Waals surface area (Å²) in [6.07, 6.45) is 2.14. The molecule has 1 unspecified atom stereocenters. The lowest BCUT2D eigenvalue weighted by Gasteiger charge is -2.38. The van der Waals surface area contributed by atoms with Gasteiger partial charge in [0, 0.05) is 23.7 Å². The molecule has 1 saturated carbocycles. The number of nitrogens with zero attached hydrogens (tertiary/aromatic N) is 1. The minimum Gasteiger partial charge on any atom is -0.466 e. The Morgan fingerprint density at radius 1 is 1.00 bits per heavy atom. The van der Waals surface area contributed by atoms with Crippen LogP contribution in [-0.2, 0) is 20.7 Å². The lowest BCUT2D eigenvalue weighted by molar-refractivity contribution is -0.136. The number of hydrogen-bond acceptors (Lipinski definition) is 4. The molecular weight excluding hydrogens is 374 g/mol. The summed E-state index contributed by atoms with van der Waals surface area (Å²) >= 11 is 0. The predicted molar refractivity (Wildman–Crippen MR) is 118 cm³/mol. The highest BCUT2D eigenvalue weighted by atomic mass is 16.5. The van der Waals surface area contributed by atoms with Crippen LogP contribution in [0.25, 0.3) is 0 Å². The van der Waals surface area contributed by atoms with Gasteiger partial charge >= 0.3 is 5.97 Å². The first-order valence-electron chi connectivity index (χ1n) is 10.6. The molecule has 1 aliphatic heterocycles. The summed E-state index contributed by atoms with van der Waals surface area (Å²) in [6.45, 7) is 3.96. The van der Waals surface area contributed by atoms with E-state index in [0.717, 1.165) is 29.7 Å². The van der Waals surface area contributed by atoms with Crippen LogP contribution in [-0.4, -0.2) is 24.6 Å². The number of fused-ring (bicyclic) bond motifs is 1. The fourth-order valence-corrected chi connectivity index (χ4v) is 4.83. The van der Waals surface area contributed by atoms with E-state index in [1.165, 1.54) is 12.7 Å². The van der Waals surface area contributed by atoms with Crippen LogP contribution >= 0.6 is 0 Å². The topological polar surface area (TPSA) is 55.7 Å². The first-order valence-corrected chi connectivity index (χ1v) is 10.6. The number of benzene rings is 2. The molecule has 1 fully saturated rings. The molecular formula is C26H27NO3. The van der Waals surface area contributed by atoms with Crippen LogP contribution < -0.4 is 0 Å². The zero-order chi connectivity index (χ0) is 21.3. The van der Waals surface area contributed by atoms with Crippen molar-refractivity contribution in [2.24, 2.45) is 10.9 Å². The Kier molecular flexibility index (Phi) is 5.67. The zero-order valence-electron chi connectivity index (χ0n) is 17.7. The Bertz CT molecular complexity index is 1020. The van der Waals surface area contributed by atoms with Crippen molar-refractivity contribution in [2.75, 3.05) is 7.11 Å². The molecule has 0 N–H and O–H groups in total. The summed E-state index contributed by atoms with van der Waals surface area (Å²) in [5.74, 6) is -0.884. The molecule has 4 rings (SSSR count). The monoisotopic (exact) mass is 401 g/mol. The molecule has 4 nitrogen and oxygen atoms in total. The largest absolute Gasteiger partial charge is 0.466 e. The Balaban J connectivity index is 1.78. The third kappa shape index (κ3) is 3.62. The number of hydrogen-bond donors (Lipinski definition) is 0. The molecule has 0 bridgehead atoms. The molecule has 3 atom stereocenters. The average molecular weight is 402 g/mol. The maximum absolute atomic E-state index is 13.4. The number of rotatable bonds is 4.